The normalized spacial score (nSPS) is 13.0. The average molecular weight is 834 g/mol. The molecular formula is C51H95NO7. The van der Waals surface area contributed by atoms with Gasteiger partial charge in [-0.1, -0.05) is 192 Å². The standard InChI is InChI=1S/C51H95NO7/c1-6-8-10-12-14-16-18-20-21-22-23-24-25-26-27-28-29-30-32-34-36-38-40-42-50(54)59-47(45-57-44-43-48(51(55)56)52(3,4)5)46-58-49(53)41-39-37-35-33-31-19-17-15-13-11-9-7-2/h23-24,26-27,47-48H,6-22,25,28-46H2,1-5H3/b24-23+,27-26+. The molecule has 0 aromatic rings. The first-order valence-electron chi connectivity index (χ1n) is 24.9. The number of ether oxygens (including phenoxy) is 3. The second-order valence-electron chi connectivity index (χ2n) is 18.1. The predicted octanol–water partition coefficient (Wildman–Crippen LogP) is 12.7. The lowest BCUT2D eigenvalue weighted by molar-refractivity contribution is -0.889. The lowest BCUT2D eigenvalue weighted by atomic mass is 10.0. The third-order valence-corrected chi connectivity index (χ3v) is 11.3. The molecule has 8 nitrogen and oxygen atoms in total. The minimum atomic E-state index is -1.12. The van der Waals surface area contributed by atoms with E-state index in [0.29, 0.717) is 12.8 Å². The number of quaternary nitrogens is 1. The van der Waals surface area contributed by atoms with Crippen LogP contribution in [0.1, 0.15) is 232 Å². The number of allylic oxidation sites excluding steroid dienone is 4. The number of unbranched alkanes of at least 4 members (excludes halogenated alkanes) is 27. The molecule has 0 rings (SSSR count). The minimum absolute atomic E-state index is 0.0415. The second-order valence-corrected chi connectivity index (χ2v) is 18.1. The molecular weight excluding hydrogens is 739 g/mol. The highest BCUT2D eigenvalue weighted by Gasteiger charge is 2.25. The number of aliphatic carboxylic acids is 1. The van der Waals surface area contributed by atoms with Crippen molar-refractivity contribution in [3.8, 4) is 0 Å². The van der Waals surface area contributed by atoms with E-state index < -0.39 is 18.1 Å². The van der Waals surface area contributed by atoms with Gasteiger partial charge in [0.2, 0.25) is 0 Å². The Balaban J connectivity index is 4.22. The molecule has 59 heavy (non-hydrogen) atoms. The molecule has 0 amide bonds. The van der Waals surface area contributed by atoms with Crippen molar-refractivity contribution < 1.29 is 38.2 Å². The zero-order valence-corrected chi connectivity index (χ0v) is 39.4. The van der Waals surface area contributed by atoms with Gasteiger partial charge in [-0.2, -0.15) is 0 Å². The van der Waals surface area contributed by atoms with Gasteiger partial charge in [0.25, 0.3) is 0 Å². The van der Waals surface area contributed by atoms with Crippen molar-refractivity contribution in [2.45, 2.75) is 244 Å². The number of carboxylic acids is 1. The van der Waals surface area contributed by atoms with Gasteiger partial charge >= 0.3 is 11.9 Å². The fourth-order valence-corrected chi connectivity index (χ4v) is 7.46. The summed E-state index contributed by atoms with van der Waals surface area (Å²) in [6.07, 6.45) is 47.8. The summed E-state index contributed by atoms with van der Waals surface area (Å²) in [7, 11) is 5.41. The highest BCUT2D eigenvalue weighted by Crippen LogP contribution is 2.15. The smallest absolute Gasteiger partial charge is 0.306 e. The Hall–Kier alpha value is -2.19. The van der Waals surface area contributed by atoms with Crippen LogP contribution in [-0.2, 0) is 28.6 Å². The van der Waals surface area contributed by atoms with Crippen LogP contribution in [0.2, 0.25) is 0 Å². The van der Waals surface area contributed by atoms with Crippen LogP contribution < -0.4 is 5.11 Å². The number of likely N-dealkylation sites (N-methyl/N-ethyl adjacent to an activating group) is 1. The van der Waals surface area contributed by atoms with Crippen LogP contribution in [0.15, 0.2) is 24.3 Å². The van der Waals surface area contributed by atoms with Crippen molar-refractivity contribution in [3.63, 3.8) is 0 Å². The molecule has 0 aliphatic heterocycles. The molecule has 0 fully saturated rings. The zero-order chi connectivity index (χ0) is 43.5. The molecule has 0 aliphatic carbocycles. The Morgan fingerprint density at radius 3 is 1.31 bits per heavy atom. The van der Waals surface area contributed by atoms with E-state index in [1.165, 1.54) is 148 Å². The maximum atomic E-state index is 12.8. The Bertz CT molecular complexity index is 1020. The SMILES string of the molecule is CCCCCCCCCCC/C=C/C/C=C/CCCCCCCCCC(=O)OC(COCCC(C(=O)[O-])[N+](C)(C)C)COC(=O)CCCCCCCCCCCCCC. The Morgan fingerprint density at radius 1 is 0.508 bits per heavy atom. The third-order valence-electron chi connectivity index (χ3n) is 11.3. The van der Waals surface area contributed by atoms with Crippen molar-refractivity contribution in [2.24, 2.45) is 0 Å². The predicted molar refractivity (Wildman–Crippen MR) is 245 cm³/mol. The van der Waals surface area contributed by atoms with Crippen LogP contribution in [0.3, 0.4) is 0 Å². The number of carbonyl (C=O) groups excluding carboxylic acids is 3. The first-order valence-corrected chi connectivity index (χ1v) is 24.9. The summed E-state index contributed by atoms with van der Waals surface area (Å²) < 4.78 is 17.2. The second kappa shape index (κ2) is 42.5. The first kappa shape index (κ1) is 56.8. The van der Waals surface area contributed by atoms with Crippen molar-refractivity contribution in [2.75, 3.05) is 41.0 Å². The van der Waals surface area contributed by atoms with E-state index in [2.05, 4.69) is 38.2 Å². The van der Waals surface area contributed by atoms with Gasteiger partial charge in [-0.3, -0.25) is 9.59 Å². The number of rotatable bonds is 45. The molecule has 0 N–H and O–H groups in total. The number of nitrogens with zero attached hydrogens (tertiary/aromatic N) is 1. The van der Waals surface area contributed by atoms with Gasteiger partial charge < -0.3 is 28.6 Å². The molecule has 0 saturated heterocycles. The maximum absolute atomic E-state index is 12.8. The summed E-state index contributed by atoms with van der Waals surface area (Å²) in [5.41, 5.74) is 0. The molecule has 0 aromatic heterocycles. The Kier molecular flexibility index (Phi) is 40.9. The van der Waals surface area contributed by atoms with Crippen molar-refractivity contribution >= 4 is 17.9 Å². The van der Waals surface area contributed by atoms with Gasteiger partial charge in [0.1, 0.15) is 12.6 Å². The number of hydrogen-bond donors (Lipinski definition) is 0. The van der Waals surface area contributed by atoms with E-state index in [9.17, 15) is 19.5 Å². The largest absolute Gasteiger partial charge is 0.544 e. The minimum Gasteiger partial charge on any atom is -0.544 e. The lowest BCUT2D eigenvalue weighted by Gasteiger charge is -2.34. The quantitative estimate of drug-likeness (QED) is 0.0260. The van der Waals surface area contributed by atoms with Crippen molar-refractivity contribution in [1.29, 1.82) is 0 Å². The third kappa shape index (κ3) is 41.0. The fourth-order valence-electron chi connectivity index (χ4n) is 7.46. The first-order chi connectivity index (χ1) is 28.6. The summed E-state index contributed by atoms with van der Waals surface area (Å²) >= 11 is 0. The molecule has 0 saturated carbocycles. The van der Waals surface area contributed by atoms with Gasteiger partial charge in [-0.05, 0) is 44.9 Å². The van der Waals surface area contributed by atoms with E-state index in [-0.39, 0.29) is 42.7 Å². The van der Waals surface area contributed by atoms with E-state index in [0.717, 1.165) is 51.4 Å². The van der Waals surface area contributed by atoms with Gasteiger partial charge in [-0.15, -0.1) is 0 Å². The highest BCUT2D eigenvalue weighted by atomic mass is 16.6. The van der Waals surface area contributed by atoms with E-state index in [4.69, 9.17) is 14.2 Å². The summed E-state index contributed by atoms with van der Waals surface area (Å²) in [6, 6.07) is -0.724. The molecule has 0 aromatic carbocycles. The molecule has 346 valence electrons. The summed E-state index contributed by atoms with van der Waals surface area (Å²) in [5.74, 6) is -1.73. The topological polar surface area (TPSA) is 102 Å². The highest BCUT2D eigenvalue weighted by molar-refractivity contribution is 5.70. The molecule has 0 heterocycles. The van der Waals surface area contributed by atoms with E-state index in [1.807, 2.05) is 0 Å². The van der Waals surface area contributed by atoms with Crippen LogP contribution >= 0.6 is 0 Å². The number of hydrogen-bond acceptors (Lipinski definition) is 7. The fraction of sp³-hybridized carbons (Fsp3) is 0.863. The van der Waals surface area contributed by atoms with E-state index in [1.54, 1.807) is 21.1 Å². The van der Waals surface area contributed by atoms with Gasteiger partial charge in [0.15, 0.2) is 6.10 Å². The molecule has 2 unspecified atom stereocenters. The molecule has 0 bridgehead atoms. The summed E-state index contributed by atoms with van der Waals surface area (Å²) in [5, 5.41) is 11.6. The Labute approximate surface area is 364 Å². The molecule has 0 aliphatic rings. The van der Waals surface area contributed by atoms with E-state index >= 15 is 0 Å². The van der Waals surface area contributed by atoms with Crippen molar-refractivity contribution in [1.82, 2.24) is 0 Å². The number of carboxylic acid groups (broad SMARTS) is 1. The van der Waals surface area contributed by atoms with Crippen LogP contribution in [0, 0.1) is 0 Å². The van der Waals surface area contributed by atoms with Crippen LogP contribution in [0.25, 0.3) is 0 Å². The zero-order valence-electron chi connectivity index (χ0n) is 39.4. The van der Waals surface area contributed by atoms with Crippen LogP contribution in [0.5, 0.6) is 0 Å². The monoisotopic (exact) mass is 834 g/mol. The van der Waals surface area contributed by atoms with Gasteiger partial charge in [-0.25, -0.2) is 0 Å². The van der Waals surface area contributed by atoms with Crippen LogP contribution in [-0.4, -0.2) is 75.5 Å². The molecule has 0 radical (unpaired) electrons. The van der Waals surface area contributed by atoms with Gasteiger partial charge in [0.05, 0.1) is 40.3 Å². The van der Waals surface area contributed by atoms with Crippen LogP contribution in [0.4, 0.5) is 0 Å². The van der Waals surface area contributed by atoms with Gasteiger partial charge in [0, 0.05) is 19.3 Å². The lowest BCUT2D eigenvalue weighted by Crippen LogP contribution is -2.55. The number of carbonyl (C=O) groups is 3. The number of esters is 2. The maximum Gasteiger partial charge on any atom is 0.306 e. The Morgan fingerprint density at radius 2 is 0.898 bits per heavy atom. The molecule has 2 atom stereocenters. The molecule has 0 spiro atoms. The average Bonchev–Trinajstić information content (AvgIpc) is 3.19. The summed E-state index contributed by atoms with van der Waals surface area (Å²) in [4.78, 5) is 36.9. The van der Waals surface area contributed by atoms with Crippen molar-refractivity contribution in [3.05, 3.63) is 24.3 Å². The summed E-state index contributed by atoms with van der Waals surface area (Å²) in [6.45, 7) is 4.68. The molecule has 8 heteroatoms.